The van der Waals surface area contributed by atoms with Crippen molar-refractivity contribution in [2.45, 2.75) is 45.6 Å². The van der Waals surface area contributed by atoms with E-state index in [9.17, 15) is 4.79 Å². The van der Waals surface area contributed by atoms with Crippen molar-refractivity contribution < 1.29 is 4.79 Å². The maximum atomic E-state index is 12.2. The number of fused-ring (bicyclic) bond motifs is 1. The summed E-state index contributed by atoms with van der Waals surface area (Å²) in [6.45, 7) is 3.86. The molecule has 1 unspecified atom stereocenters. The summed E-state index contributed by atoms with van der Waals surface area (Å²) in [5.74, 6) is -0.183. The van der Waals surface area contributed by atoms with Gasteiger partial charge in [0.25, 0.3) is 5.91 Å². The first-order valence-corrected chi connectivity index (χ1v) is 7.84. The minimum Gasteiger partial charge on any atom is -0.344 e. The van der Waals surface area contributed by atoms with Gasteiger partial charge in [-0.05, 0) is 56.2 Å². The average Bonchev–Trinajstić information content (AvgIpc) is 2.55. The first-order valence-electron chi connectivity index (χ1n) is 7.84. The number of hydrogen-bond donors (Lipinski definition) is 1. The molecule has 1 aromatic carbocycles. The third kappa shape index (κ3) is 3.16. The van der Waals surface area contributed by atoms with Gasteiger partial charge in [0, 0.05) is 6.20 Å². The van der Waals surface area contributed by atoms with Crippen LogP contribution in [0.1, 0.15) is 58.7 Å². The molecule has 0 saturated carbocycles. The van der Waals surface area contributed by atoms with E-state index < -0.39 is 0 Å². The maximum absolute atomic E-state index is 12.2. The van der Waals surface area contributed by atoms with Crippen LogP contribution in [0, 0.1) is 6.92 Å². The maximum Gasteiger partial charge on any atom is 0.271 e. The lowest BCUT2D eigenvalue weighted by Crippen LogP contribution is -2.27. The normalized spacial score (nSPS) is 15.0. The summed E-state index contributed by atoms with van der Waals surface area (Å²) < 4.78 is 0. The Kier molecular flexibility index (Phi) is 4.18. The lowest BCUT2D eigenvalue weighted by Gasteiger charge is -2.20. The molecule has 0 bridgehead atoms. The number of carbonyl (C=O) groups excluding carboxylic acids is 1. The van der Waals surface area contributed by atoms with Crippen LogP contribution < -0.4 is 5.32 Å². The summed E-state index contributed by atoms with van der Waals surface area (Å²) in [5.41, 5.74) is 5.20. The standard InChI is InChI=1S/C18H21N3O/c1-12-10-20-17(11-19-12)18(22)21-13(2)15-8-7-14-5-3-4-6-16(14)9-15/h7-11,13H,3-6H2,1-2H3,(H,21,22). The van der Waals surface area contributed by atoms with Gasteiger partial charge >= 0.3 is 0 Å². The number of carbonyl (C=O) groups is 1. The average molecular weight is 295 g/mol. The highest BCUT2D eigenvalue weighted by atomic mass is 16.1. The van der Waals surface area contributed by atoms with E-state index in [0.717, 1.165) is 17.7 Å². The van der Waals surface area contributed by atoms with Crippen LogP contribution in [0.2, 0.25) is 0 Å². The van der Waals surface area contributed by atoms with Crippen LogP contribution in [0.3, 0.4) is 0 Å². The van der Waals surface area contributed by atoms with E-state index in [-0.39, 0.29) is 11.9 Å². The smallest absolute Gasteiger partial charge is 0.271 e. The fourth-order valence-corrected chi connectivity index (χ4v) is 2.89. The summed E-state index contributed by atoms with van der Waals surface area (Å²) >= 11 is 0. The fraction of sp³-hybridized carbons (Fsp3) is 0.389. The minimum atomic E-state index is -0.183. The lowest BCUT2D eigenvalue weighted by atomic mass is 9.89. The summed E-state index contributed by atoms with van der Waals surface area (Å²) in [5, 5.41) is 3.00. The van der Waals surface area contributed by atoms with Gasteiger partial charge in [-0.15, -0.1) is 0 Å². The molecule has 22 heavy (non-hydrogen) atoms. The molecule has 4 heteroatoms. The van der Waals surface area contributed by atoms with E-state index >= 15 is 0 Å². The third-order valence-corrected chi connectivity index (χ3v) is 4.23. The third-order valence-electron chi connectivity index (χ3n) is 4.23. The van der Waals surface area contributed by atoms with Crippen LogP contribution in [0.25, 0.3) is 0 Å². The molecule has 1 heterocycles. The molecular formula is C18H21N3O. The number of rotatable bonds is 3. The van der Waals surface area contributed by atoms with Gasteiger partial charge in [0.15, 0.2) is 0 Å². The highest BCUT2D eigenvalue weighted by Crippen LogP contribution is 2.24. The van der Waals surface area contributed by atoms with Gasteiger partial charge < -0.3 is 5.32 Å². The predicted molar refractivity (Wildman–Crippen MR) is 85.7 cm³/mol. The number of hydrogen-bond acceptors (Lipinski definition) is 3. The number of benzene rings is 1. The van der Waals surface area contributed by atoms with Crippen LogP contribution in [0.15, 0.2) is 30.6 Å². The number of amides is 1. The number of nitrogens with one attached hydrogen (secondary N) is 1. The molecular weight excluding hydrogens is 274 g/mol. The molecule has 1 amide bonds. The Morgan fingerprint density at radius 1 is 1.14 bits per heavy atom. The van der Waals surface area contributed by atoms with Crippen molar-refractivity contribution in [3.63, 3.8) is 0 Å². The first-order chi connectivity index (χ1) is 10.6. The number of aryl methyl sites for hydroxylation is 3. The summed E-state index contributed by atoms with van der Waals surface area (Å²) in [6.07, 6.45) is 7.99. The van der Waals surface area contributed by atoms with Gasteiger partial charge in [0.1, 0.15) is 5.69 Å². The Bertz CT molecular complexity index is 679. The second-order valence-corrected chi connectivity index (χ2v) is 5.97. The highest BCUT2D eigenvalue weighted by molar-refractivity contribution is 5.92. The van der Waals surface area contributed by atoms with Crippen molar-refractivity contribution >= 4 is 5.91 Å². The van der Waals surface area contributed by atoms with Gasteiger partial charge in [0.2, 0.25) is 0 Å². The number of aromatic nitrogens is 2. The Hall–Kier alpha value is -2.23. The molecule has 1 aliphatic carbocycles. The Morgan fingerprint density at radius 2 is 1.91 bits per heavy atom. The van der Waals surface area contributed by atoms with Crippen LogP contribution in [0.4, 0.5) is 0 Å². The van der Waals surface area contributed by atoms with Crippen LogP contribution >= 0.6 is 0 Å². The molecule has 0 fully saturated rings. The Morgan fingerprint density at radius 3 is 2.64 bits per heavy atom. The van der Waals surface area contributed by atoms with E-state index in [2.05, 4.69) is 33.5 Å². The van der Waals surface area contributed by atoms with Crippen LogP contribution in [0.5, 0.6) is 0 Å². The summed E-state index contributed by atoms with van der Waals surface area (Å²) in [7, 11) is 0. The van der Waals surface area contributed by atoms with Crippen LogP contribution in [-0.4, -0.2) is 15.9 Å². The van der Waals surface area contributed by atoms with E-state index in [1.807, 2.05) is 13.8 Å². The molecule has 0 radical (unpaired) electrons. The zero-order valence-corrected chi connectivity index (χ0v) is 13.1. The SMILES string of the molecule is Cc1cnc(C(=O)NC(C)c2ccc3c(c2)CCCC3)cn1. The van der Waals surface area contributed by atoms with Crippen LogP contribution in [-0.2, 0) is 12.8 Å². The van der Waals surface area contributed by atoms with Crippen molar-refractivity contribution in [2.24, 2.45) is 0 Å². The van der Waals surface area contributed by atoms with Gasteiger partial charge in [-0.3, -0.25) is 9.78 Å². The molecule has 1 aromatic heterocycles. The molecule has 1 aliphatic rings. The van der Waals surface area contributed by atoms with Crippen molar-refractivity contribution in [1.29, 1.82) is 0 Å². The predicted octanol–water partition coefficient (Wildman–Crippen LogP) is 3.15. The zero-order chi connectivity index (χ0) is 15.5. The van der Waals surface area contributed by atoms with Gasteiger partial charge in [-0.25, -0.2) is 4.98 Å². The second-order valence-electron chi connectivity index (χ2n) is 5.97. The molecule has 4 nitrogen and oxygen atoms in total. The summed E-state index contributed by atoms with van der Waals surface area (Å²) in [4.78, 5) is 20.5. The molecule has 0 saturated heterocycles. The Labute approximate surface area is 131 Å². The van der Waals surface area contributed by atoms with Crippen molar-refractivity contribution in [3.8, 4) is 0 Å². The zero-order valence-electron chi connectivity index (χ0n) is 13.1. The van der Waals surface area contributed by atoms with Gasteiger partial charge in [-0.2, -0.15) is 0 Å². The molecule has 1 atom stereocenters. The minimum absolute atomic E-state index is 0.0390. The van der Waals surface area contributed by atoms with Crippen molar-refractivity contribution in [3.05, 3.63) is 58.7 Å². The fourth-order valence-electron chi connectivity index (χ4n) is 2.89. The first kappa shape index (κ1) is 14.7. The quantitative estimate of drug-likeness (QED) is 0.946. The van der Waals surface area contributed by atoms with E-state index in [1.165, 1.54) is 36.6 Å². The second kappa shape index (κ2) is 6.26. The molecule has 1 N–H and O–H groups in total. The van der Waals surface area contributed by atoms with E-state index in [0.29, 0.717) is 5.69 Å². The topological polar surface area (TPSA) is 54.9 Å². The van der Waals surface area contributed by atoms with Gasteiger partial charge in [-0.1, -0.05) is 18.2 Å². The summed E-state index contributed by atoms with van der Waals surface area (Å²) in [6, 6.07) is 6.52. The highest BCUT2D eigenvalue weighted by Gasteiger charge is 2.15. The van der Waals surface area contributed by atoms with Crippen molar-refractivity contribution in [1.82, 2.24) is 15.3 Å². The monoisotopic (exact) mass is 295 g/mol. The lowest BCUT2D eigenvalue weighted by molar-refractivity contribution is 0.0934. The van der Waals surface area contributed by atoms with Crippen molar-refractivity contribution in [2.75, 3.05) is 0 Å². The van der Waals surface area contributed by atoms with E-state index in [4.69, 9.17) is 0 Å². The molecule has 0 spiro atoms. The molecule has 114 valence electrons. The molecule has 0 aliphatic heterocycles. The molecule has 2 aromatic rings. The van der Waals surface area contributed by atoms with E-state index in [1.54, 1.807) is 6.20 Å². The number of nitrogens with zero attached hydrogens (tertiary/aromatic N) is 2. The largest absolute Gasteiger partial charge is 0.344 e. The Balaban J connectivity index is 1.72. The van der Waals surface area contributed by atoms with Gasteiger partial charge in [0.05, 0.1) is 17.9 Å². The molecule has 3 rings (SSSR count).